The molecule has 4 rings (SSSR count). The number of amides is 1. The minimum atomic E-state index is -3.91. The van der Waals surface area contributed by atoms with Crippen LogP contribution in [0.25, 0.3) is 0 Å². The number of hydrogen-bond acceptors (Lipinski definition) is 5. The second-order valence-electron chi connectivity index (χ2n) is 10.5. The van der Waals surface area contributed by atoms with Crippen LogP contribution in [0.4, 0.5) is 0 Å². The van der Waals surface area contributed by atoms with Gasteiger partial charge in [0.25, 0.3) is 0 Å². The maximum Gasteiger partial charge on any atom is 0.243 e. The van der Waals surface area contributed by atoms with Crippen LogP contribution in [0.1, 0.15) is 49.6 Å². The van der Waals surface area contributed by atoms with Crippen LogP contribution >= 0.6 is 11.3 Å². The Morgan fingerprint density at radius 2 is 1.73 bits per heavy atom. The normalized spacial score (nSPS) is 16.3. The van der Waals surface area contributed by atoms with Gasteiger partial charge < -0.3 is 9.64 Å². The van der Waals surface area contributed by atoms with Gasteiger partial charge in [-0.25, -0.2) is 8.42 Å². The molecule has 0 saturated carbocycles. The summed E-state index contributed by atoms with van der Waals surface area (Å²) in [7, 11) is -3.91. The summed E-state index contributed by atoms with van der Waals surface area (Å²) in [4.78, 5) is 16.7. The van der Waals surface area contributed by atoms with Gasteiger partial charge in [0, 0.05) is 24.6 Å². The molecule has 0 spiro atoms. The van der Waals surface area contributed by atoms with Gasteiger partial charge >= 0.3 is 0 Å². The number of rotatable bonds is 10. The molecule has 1 fully saturated rings. The minimum absolute atomic E-state index is 0.0879. The molecule has 6 nitrogen and oxygen atoms in total. The van der Waals surface area contributed by atoms with Gasteiger partial charge in [-0.1, -0.05) is 69.3 Å². The highest BCUT2D eigenvalue weighted by atomic mass is 32.2. The van der Waals surface area contributed by atoms with Gasteiger partial charge in [0.15, 0.2) is 0 Å². The maximum absolute atomic E-state index is 13.8. The van der Waals surface area contributed by atoms with Gasteiger partial charge in [0.2, 0.25) is 15.9 Å². The van der Waals surface area contributed by atoms with Crippen molar-refractivity contribution in [1.29, 1.82) is 0 Å². The Morgan fingerprint density at radius 3 is 2.32 bits per heavy atom. The number of thiophene rings is 1. The van der Waals surface area contributed by atoms with Crippen LogP contribution in [-0.2, 0) is 38.1 Å². The fraction of sp³-hybridized carbons (Fsp3) is 0.414. The molecule has 1 saturated heterocycles. The van der Waals surface area contributed by atoms with Crippen LogP contribution in [0.3, 0.4) is 0 Å². The summed E-state index contributed by atoms with van der Waals surface area (Å²) in [6.45, 7) is 7.65. The molecule has 198 valence electrons. The first-order chi connectivity index (χ1) is 17.6. The summed E-state index contributed by atoms with van der Waals surface area (Å²) in [6, 6.07) is 20.8. The van der Waals surface area contributed by atoms with Crippen molar-refractivity contribution >= 4 is 27.3 Å². The van der Waals surface area contributed by atoms with Gasteiger partial charge in [-0.15, -0.1) is 11.3 Å². The highest BCUT2D eigenvalue weighted by Gasteiger charge is 2.32. The molecule has 8 heteroatoms. The number of ether oxygens (including phenoxy) is 1. The SMILES string of the molecule is CC(C)(C)c1ccc(S(=O)(=O)N(CC(=O)N(Cc2ccccc2)Cc2cccs2)CC2CCCO2)cc1. The molecule has 0 radical (unpaired) electrons. The van der Waals surface area contributed by atoms with E-state index in [0.29, 0.717) is 19.7 Å². The number of hydrogen-bond donors (Lipinski definition) is 0. The predicted molar refractivity (Wildman–Crippen MR) is 148 cm³/mol. The van der Waals surface area contributed by atoms with Crippen molar-refractivity contribution in [2.75, 3.05) is 19.7 Å². The lowest BCUT2D eigenvalue weighted by molar-refractivity contribution is -0.132. The summed E-state index contributed by atoms with van der Waals surface area (Å²) in [5.41, 5.74) is 1.96. The van der Waals surface area contributed by atoms with Crippen LogP contribution in [0.2, 0.25) is 0 Å². The lowest BCUT2D eigenvalue weighted by atomic mass is 9.87. The first-order valence-electron chi connectivity index (χ1n) is 12.7. The lowest BCUT2D eigenvalue weighted by Gasteiger charge is -2.29. The molecule has 1 aliphatic heterocycles. The molecule has 1 atom stereocenters. The molecule has 37 heavy (non-hydrogen) atoms. The standard InChI is InChI=1S/C29H36N2O4S2/c1-29(2,3)24-13-15-27(16-14-24)37(33,34)31(20-25-11-7-17-35-25)22-28(32)30(21-26-12-8-18-36-26)19-23-9-5-4-6-10-23/h4-6,8-10,12-16,18,25H,7,11,17,19-22H2,1-3H3. The molecule has 1 unspecified atom stereocenters. The van der Waals surface area contributed by atoms with E-state index in [1.165, 1.54) is 4.31 Å². The van der Waals surface area contributed by atoms with Crippen LogP contribution in [0.15, 0.2) is 77.0 Å². The van der Waals surface area contributed by atoms with Crippen molar-refractivity contribution in [2.45, 2.75) is 63.1 Å². The number of carbonyl (C=O) groups excluding carboxylic acids is 1. The fourth-order valence-corrected chi connectivity index (χ4v) is 6.56. The molecular formula is C29H36N2O4S2. The Labute approximate surface area is 224 Å². The summed E-state index contributed by atoms with van der Waals surface area (Å²) < 4.78 is 34.7. The Morgan fingerprint density at radius 1 is 1.00 bits per heavy atom. The quantitative estimate of drug-likeness (QED) is 0.343. The van der Waals surface area contributed by atoms with Crippen LogP contribution in [-0.4, -0.2) is 49.3 Å². The first kappa shape index (κ1) is 27.5. The van der Waals surface area contributed by atoms with Gasteiger partial charge in [-0.05, 0) is 53.0 Å². The fourth-order valence-electron chi connectivity index (χ4n) is 4.42. The van der Waals surface area contributed by atoms with E-state index in [0.717, 1.165) is 28.8 Å². The van der Waals surface area contributed by atoms with Crippen molar-refractivity contribution in [3.05, 3.63) is 88.1 Å². The van der Waals surface area contributed by atoms with Crippen molar-refractivity contribution in [3.8, 4) is 0 Å². The summed E-state index contributed by atoms with van der Waals surface area (Å²) >= 11 is 1.58. The topological polar surface area (TPSA) is 66.9 Å². The lowest BCUT2D eigenvalue weighted by Crippen LogP contribution is -2.45. The van der Waals surface area contributed by atoms with E-state index in [4.69, 9.17) is 4.74 Å². The third-order valence-electron chi connectivity index (χ3n) is 6.60. The second-order valence-corrected chi connectivity index (χ2v) is 13.5. The average molecular weight is 541 g/mol. The molecule has 2 aromatic carbocycles. The summed E-state index contributed by atoms with van der Waals surface area (Å²) in [5.74, 6) is -0.231. The summed E-state index contributed by atoms with van der Waals surface area (Å²) in [5, 5.41) is 1.98. The minimum Gasteiger partial charge on any atom is -0.377 e. The van der Waals surface area contributed by atoms with Crippen molar-refractivity contribution < 1.29 is 17.9 Å². The smallest absolute Gasteiger partial charge is 0.243 e. The van der Waals surface area contributed by atoms with Crippen LogP contribution < -0.4 is 0 Å². The second kappa shape index (κ2) is 11.9. The zero-order valence-corrected chi connectivity index (χ0v) is 23.4. The predicted octanol–water partition coefficient (Wildman–Crippen LogP) is 5.44. The number of benzene rings is 2. The first-order valence-corrected chi connectivity index (χ1v) is 15.0. The van der Waals surface area contributed by atoms with Crippen molar-refractivity contribution in [1.82, 2.24) is 9.21 Å². The van der Waals surface area contributed by atoms with Gasteiger partial charge in [0.05, 0.1) is 24.1 Å². The van der Waals surface area contributed by atoms with E-state index in [1.54, 1.807) is 28.4 Å². The number of nitrogens with zero attached hydrogens (tertiary/aromatic N) is 2. The van der Waals surface area contributed by atoms with Gasteiger partial charge in [-0.2, -0.15) is 4.31 Å². The van der Waals surface area contributed by atoms with Crippen molar-refractivity contribution in [2.24, 2.45) is 0 Å². The third kappa shape index (κ3) is 7.29. The Bertz CT molecular complexity index is 1250. The third-order valence-corrected chi connectivity index (χ3v) is 9.28. The van der Waals surface area contributed by atoms with E-state index in [9.17, 15) is 13.2 Å². The highest BCUT2D eigenvalue weighted by Crippen LogP contribution is 2.26. The maximum atomic E-state index is 13.8. The van der Waals surface area contributed by atoms with E-state index < -0.39 is 10.0 Å². The molecule has 0 bridgehead atoms. The van der Waals surface area contributed by atoms with Gasteiger partial charge in [-0.3, -0.25) is 4.79 Å². The number of sulfonamides is 1. The number of carbonyl (C=O) groups is 1. The molecule has 0 N–H and O–H groups in total. The van der Waals surface area contributed by atoms with Gasteiger partial charge in [0.1, 0.15) is 0 Å². The van der Waals surface area contributed by atoms with Crippen molar-refractivity contribution in [3.63, 3.8) is 0 Å². The Kier molecular flexibility index (Phi) is 8.85. The highest BCUT2D eigenvalue weighted by molar-refractivity contribution is 7.89. The largest absolute Gasteiger partial charge is 0.377 e. The molecule has 3 aromatic rings. The zero-order chi connectivity index (χ0) is 26.5. The molecule has 1 aromatic heterocycles. The monoisotopic (exact) mass is 540 g/mol. The molecule has 2 heterocycles. The Balaban J connectivity index is 1.60. The molecular weight excluding hydrogens is 504 g/mol. The Hall–Kier alpha value is -2.52. The van der Waals surface area contributed by atoms with E-state index in [-0.39, 0.29) is 35.4 Å². The molecule has 1 aliphatic rings. The molecule has 0 aliphatic carbocycles. The van der Waals surface area contributed by atoms with Crippen LogP contribution in [0, 0.1) is 0 Å². The van der Waals surface area contributed by atoms with Crippen LogP contribution in [0.5, 0.6) is 0 Å². The van der Waals surface area contributed by atoms with E-state index in [1.807, 2.05) is 60.0 Å². The zero-order valence-electron chi connectivity index (χ0n) is 21.8. The van der Waals surface area contributed by atoms with E-state index in [2.05, 4.69) is 20.8 Å². The summed E-state index contributed by atoms with van der Waals surface area (Å²) in [6.07, 6.45) is 1.47. The van der Waals surface area contributed by atoms with E-state index >= 15 is 0 Å². The molecule has 1 amide bonds. The average Bonchev–Trinajstić information content (AvgIpc) is 3.58.